The largest absolute Gasteiger partial charge is 0.330 e. The summed E-state index contributed by atoms with van der Waals surface area (Å²) in [6.45, 7) is 4.09. The molecule has 2 amide bonds. The summed E-state index contributed by atoms with van der Waals surface area (Å²) < 4.78 is 0. The van der Waals surface area contributed by atoms with Crippen LogP contribution in [0.4, 0.5) is 4.79 Å². The SMILES string of the molecule is CC(CN)CN1CC(c2cccnc2)N(C)C1=O. The zero-order valence-corrected chi connectivity index (χ0v) is 10.9. The predicted molar refractivity (Wildman–Crippen MR) is 69.9 cm³/mol. The second kappa shape index (κ2) is 5.35. The minimum atomic E-state index is 0.0733. The maximum absolute atomic E-state index is 12.1. The second-order valence-corrected chi connectivity index (χ2v) is 4.94. The number of likely N-dealkylation sites (N-methyl/N-ethyl adjacent to an activating group) is 1. The number of carbonyl (C=O) groups excluding carboxylic acids is 1. The molecule has 1 aliphatic rings. The Morgan fingerprint density at radius 2 is 2.39 bits per heavy atom. The van der Waals surface area contributed by atoms with Crippen molar-refractivity contribution in [3.8, 4) is 0 Å². The van der Waals surface area contributed by atoms with Crippen molar-refractivity contribution in [2.75, 3.05) is 26.7 Å². The fraction of sp³-hybridized carbons (Fsp3) is 0.538. The topological polar surface area (TPSA) is 62.5 Å². The molecule has 1 saturated heterocycles. The Balaban J connectivity index is 2.10. The number of nitrogens with two attached hydrogens (primary N) is 1. The lowest BCUT2D eigenvalue weighted by Gasteiger charge is -2.19. The molecule has 18 heavy (non-hydrogen) atoms. The number of hydrogen-bond acceptors (Lipinski definition) is 3. The summed E-state index contributed by atoms with van der Waals surface area (Å²) in [5.74, 6) is 0.329. The summed E-state index contributed by atoms with van der Waals surface area (Å²) in [7, 11) is 1.84. The lowest BCUT2D eigenvalue weighted by molar-refractivity contribution is 0.191. The van der Waals surface area contributed by atoms with E-state index in [0.717, 1.165) is 12.1 Å². The fourth-order valence-electron chi connectivity index (χ4n) is 2.27. The average molecular weight is 248 g/mol. The highest BCUT2D eigenvalue weighted by Crippen LogP contribution is 2.27. The van der Waals surface area contributed by atoms with Crippen LogP contribution >= 0.6 is 0 Å². The lowest BCUT2D eigenvalue weighted by Crippen LogP contribution is -2.34. The van der Waals surface area contributed by atoms with Crippen LogP contribution < -0.4 is 5.73 Å². The van der Waals surface area contributed by atoms with Gasteiger partial charge in [0.05, 0.1) is 6.04 Å². The highest BCUT2D eigenvalue weighted by atomic mass is 16.2. The Morgan fingerprint density at radius 1 is 1.61 bits per heavy atom. The molecular formula is C13H20N4O. The standard InChI is InChI=1S/C13H20N4O/c1-10(6-14)8-17-9-12(16(2)13(17)18)11-4-3-5-15-7-11/h3-5,7,10,12H,6,8-9,14H2,1-2H3. The van der Waals surface area contributed by atoms with Crippen LogP contribution in [0.15, 0.2) is 24.5 Å². The van der Waals surface area contributed by atoms with Crippen molar-refractivity contribution in [1.82, 2.24) is 14.8 Å². The predicted octanol–water partition coefficient (Wildman–Crippen LogP) is 1.08. The molecule has 0 spiro atoms. The molecule has 98 valence electrons. The van der Waals surface area contributed by atoms with E-state index in [1.54, 1.807) is 11.1 Å². The summed E-state index contributed by atoms with van der Waals surface area (Å²) in [4.78, 5) is 19.9. The van der Waals surface area contributed by atoms with Gasteiger partial charge in [-0.25, -0.2) is 4.79 Å². The molecule has 0 bridgehead atoms. The van der Waals surface area contributed by atoms with Gasteiger partial charge in [-0.2, -0.15) is 0 Å². The van der Waals surface area contributed by atoms with Gasteiger partial charge >= 0.3 is 6.03 Å². The first-order valence-electron chi connectivity index (χ1n) is 6.25. The van der Waals surface area contributed by atoms with E-state index in [0.29, 0.717) is 19.0 Å². The van der Waals surface area contributed by atoms with Crippen LogP contribution in [0.3, 0.4) is 0 Å². The van der Waals surface area contributed by atoms with Gasteiger partial charge in [0.2, 0.25) is 0 Å². The van der Waals surface area contributed by atoms with Gasteiger partial charge in [0, 0.05) is 32.5 Å². The number of aromatic nitrogens is 1. The number of nitrogens with zero attached hydrogens (tertiary/aromatic N) is 3. The molecule has 2 N–H and O–H groups in total. The molecule has 1 fully saturated rings. The van der Waals surface area contributed by atoms with Crippen LogP contribution in [0.2, 0.25) is 0 Å². The third-order valence-corrected chi connectivity index (χ3v) is 3.44. The first-order chi connectivity index (χ1) is 8.63. The van der Waals surface area contributed by atoms with Crippen LogP contribution in [-0.4, -0.2) is 47.5 Å². The molecule has 2 atom stereocenters. The molecule has 2 rings (SSSR count). The number of carbonyl (C=O) groups is 1. The minimum absolute atomic E-state index is 0.0733. The van der Waals surface area contributed by atoms with Crippen molar-refractivity contribution in [3.05, 3.63) is 30.1 Å². The third kappa shape index (κ3) is 2.46. The van der Waals surface area contributed by atoms with Crippen LogP contribution in [0, 0.1) is 5.92 Å². The van der Waals surface area contributed by atoms with Crippen molar-refractivity contribution in [1.29, 1.82) is 0 Å². The zero-order valence-electron chi connectivity index (χ0n) is 10.9. The first-order valence-corrected chi connectivity index (χ1v) is 6.25. The Bertz CT molecular complexity index is 409. The number of hydrogen-bond donors (Lipinski definition) is 1. The van der Waals surface area contributed by atoms with Crippen molar-refractivity contribution < 1.29 is 4.79 Å². The summed E-state index contributed by atoms with van der Waals surface area (Å²) in [6.07, 6.45) is 3.57. The molecule has 1 aliphatic heterocycles. The molecule has 1 aromatic rings. The van der Waals surface area contributed by atoms with E-state index in [1.807, 2.05) is 30.3 Å². The highest BCUT2D eigenvalue weighted by Gasteiger charge is 2.35. The van der Waals surface area contributed by atoms with Gasteiger partial charge in [-0.15, -0.1) is 0 Å². The summed E-state index contributed by atoms with van der Waals surface area (Å²) in [5.41, 5.74) is 6.69. The van der Waals surface area contributed by atoms with Crippen molar-refractivity contribution in [3.63, 3.8) is 0 Å². The summed E-state index contributed by atoms with van der Waals surface area (Å²) in [6, 6.07) is 4.08. The number of rotatable bonds is 4. The van der Waals surface area contributed by atoms with Gasteiger partial charge < -0.3 is 15.5 Å². The van der Waals surface area contributed by atoms with Gasteiger partial charge in [0.25, 0.3) is 0 Å². The van der Waals surface area contributed by atoms with E-state index in [9.17, 15) is 4.79 Å². The number of urea groups is 1. The highest BCUT2D eigenvalue weighted by molar-refractivity contribution is 5.77. The quantitative estimate of drug-likeness (QED) is 0.867. The normalized spacial score (nSPS) is 21.5. The monoisotopic (exact) mass is 248 g/mol. The van der Waals surface area contributed by atoms with E-state index >= 15 is 0 Å². The molecular weight excluding hydrogens is 228 g/mol. The van der Waals surface area contributed by atoms with Gasteiger partial charge in [-0.1, -0.05) is 13.0 Å². The fourth-order valence-corrected chi connectivity index (χ4v) is 2.27. The second-order valence-electron chi connectivity index (χ2n) is 4.94. The zero-order chi connectivity index (χ0) is 13.1. The number of pyridine rings is 1. The average Bonchev–Trinajstić information content (AvgIpc) is 2.68. The molecule has 1 aromatic heterocycles. The van der Waals surface area contributed by atoms with Crippen LogP contribution in [-0.2, 0) is 0 Å². The maximum atomic E-state index is 12.1. The van der Waals surface area contributed by atoms with E-state index in [-0.39, 0.29) is 12.1 Å². The Morgan fingerprint density at radius 3 is 3.00 bits per heavy atom. The molecule has 2 heterocycles. The van der Waals surface area contributed by atoms with E-state index < -0.39 is 0 Å². The van der Waals surface area contributed by atoms with E-state index in [2.05, 4.69) is 11.9 Å². The Kier molecular flexibility index (Phi) is 3.81. The molecule has 2 unspecified atom stereocenters. The molecule has 0 radical (unpaired) electrons. The van der Waals surface area contributed by atoms with Gasteiger partial charge in [-0.05, 0) is 24.1 Å². The van der Waals surface area contributed by atoms with Crippen molar-refractivity contribution in [2.24, 2.45) is 11.7 Å². The number of amides is 2. The smallest absolute Gasteiger partial charge is 0.320 e. The lowest BCUT2D eigenvalue weighted by atomic mass is 10.1. The van der Waals surface area contributed by atoms with Crippen LogP contribution in [0.1, 0.15) is 18.5 Å². The van der Waals surface area contributed by atoms with E-state index in [4.69, 9.17) is 5.73 Å². The van der Waals surface area contributed by atoms with Crippen molar-refractivity contribution in [2.45, 2.75) is 13.0 Å². The van der Waals surface area contributed by atoms with Crippen LogP contribution in [0.5, 0.6) is 0 Å². The molecule has 5 heteroatoms. The first kappa shape index (κ1) is 12.8. The van der Waals surface area contributed by atoms with Gasteiger partial charge in [0.1, 0.15) is 0 Å². The Hall–Kier alpha value is -1.62. The molecule has 0 aromatic carbocycles. The van der Waals surface area contributed by atoms with Crippen LogP contribution in [0.25, 0.3) is 0 Å². The van der Waals surface area contributed by atoms with Gasteiger partial charge in [0.15, 0.2) is 0 Å². The van der Waals surface area contributed by atoms with E-state index in [1.165, 1.54) is 0 Å². The molecule has 0 saturated carbocycles. The summed E-state index contributed by atoms with van der Waals surface area (Å²) >= 11 is 0. The Labute approximate surface area is 108 Å². The molecule has 0 aliphatic carbocycles. The summed E-state index contributed by atoms with van der Waals surface area (Å²) in [5, 5.41) is 0. The van der Waals surface area contributed by atoms with Crippen molar-refractivity contribution >= 4 is 6.03 Å². The van der Waals surface area contributed by atoms with Gasteiger partial charge in [-0.3, -0.25) is 4.98 Å². The third-order valence-electron chi connectivity index (χ3n) is 3.44. The maximum Gasteiger partial charge on any atom is 0.320 e. The minimum Gasteiger partial charge on any atom is -0.330 e. The molecule has 5 nitrogen and oxygen atoms in total.